The van der Waals surface area contributed by atoms with Crippen LogP contribution in [0.15, 0.2) is 42.5 Å². The Bertz CT molecular complexity index is 563. The summed E-state index contributed by atoms with van der Waals surface area (Å²) in [6.07, 6.45) is 1.04. The number of aryl methyl sites for hydroxylation is 1. The van der Waals surface area contributed by atoms with Gasteiger partial charge in [0.1, 0.15) is 0 Å². The molecule has 17 heavy (non-hydrogen) atoms. The molecule has 0 bridgehead atoms. The van der Waals surface area contributed by atoms with Crippen LogP contribution in [0.5, 0.6) is 0 Å². The molecule has 0 radical (unpaired) electrons. The van der Waals surface area contributed by atoms with Gasteiger partial charge in [-0.15, -0.1) is 0 Å². The standard InChI is InChI=1S/C15H14ClN/c1-10-5-6-14-12(7-10)9-15(17-14)11-3-2-4-13(16)8-11/h2-8,15,17H,9H2,1H3. The van der Waals surface area contributed by atoms with E-state index in [1.807, 2.05) is 18.2 Å². The maximum absolute atomic E-state index is 6.03. The van der Waals surface area contributed by atoms with Crippen LogP contribution in [0.3, 0.4) is 0 Å². The van der Waals surface area contributed by atoms with Crippen molar-refractivity contribution in [3.63, 3.8) is 0 Å². The maximum Gasteiger partial charge on any atom is 0.0555 e. The fraction of sp³-hybridized carbons (Fsp3) is 0.200. The summed E-state index contributed by atoms with van der Waals surface area (Å²) in [5.74, 6) is 0. The molecule has 1 aliphatic rings. The van der Waals surface area contributed by atoms with Gasteiger partial charge in [0.15, 0.2) is 0 Å². The molecule has 86 valence electrons. The van der Waals surface area contributed by atoms with E-state index in [0.717, 1.165) is 11.4 Å². The van der Waals surface area contributed by atoms with Crippen LogP contribution in [-0.2, 0) is 6.42 Å². The first-order chi connectivity index (χ1) is 8.22. The Balaban J connectivity index is 1.91. The predicted molar refractivity (Wildman–Crippen MR) is 72.7 cm³/mol. The monoisotopic (exact) mass is 243 g/mol. The highest BCUT2D eigenvalue weighted by molar-refractivity contribution is 6.30. The van der Waals surface area contributed by atoms with Crippen molar-refractivity contribution >= 4 is 17.3 Å². The van der Waals surface area contributed by atoms with Crippen LogP contribution in [0.25, 0.3) is 0 Å². The number of halogens is 1. The molecule has 1 aliphatic heterocycles. The van der Waals surface area contributed by atoms with Gasteiger partial charge in [-0.1, -0.05) is 41.4 Å². The zero-order valence-electron chi connectivity index (χ0n) is 9.70. The Hall–Kier alpha value is -1.47. The van der Waals surface area contributed by atoms with Gasteiger partial charge in [0.2, 0.25) is 0 Å². The molecule has 1 nitrogen and oxygen atoms in total. The molecule has 1 atom stereocenters. The third-order valence-electron chi connectivity index (χ3n) is 3.27. The van der Waals surface area contributed by atoms with E-state index >= 15 is 0 Å². The molecule has 0 saturated heterocycles. The first kappa shape index (κ1) is 10.7. The predicted octanol–water partition coefficient (Wildman–Crippen LogP) is 4.36. The largest absolute Gasteiger partial charge is 0.378 e. The molecule has 0 spiro atoms. The van der Waals surface area contributed by atoms with E-state index < -0.39 is 0 Å². The summed E-state index contributed by atoms with van der Waals surface area (Å²) in [7, 11) is 0. The van der Waals surface area contributed by atoms with Crippen LogP contribution in [0.2, 0.25) is 5.02 Å². The molecular formula is C15H14ClN. The molecule has 0 amide bonds. The lowest BCUT2D eigenvalue weighted by Crippen LogP contribution is -2.05. The smallest absolute Gasteiger partial charge is 0.0555 e. The molecule has 2 heteroatoms. The minimum Gasteiger partial charge on any atom is -0.378 e. The fourth-order valence-corrected chi connectivity index (χ4v) is 2.61. The molecule has 2 aromatic rings. The van der Waals surface area contributed by atoms with E-state index in [2.05, 4.69) is 36.5 Å². The number of hydrogen-bond acceptors (Lipinski definition) is 1. The number of rotatable bonds is 1. The van der Waals surface area contributed by atoms with E-state index in [1.165, 1.54) is 22.4 Å². The van der Waals surface area contributed by atoms with Crippen molar-refractivity contribution in [2.75, 3.05) is 5.32 Å². The Morgan fingerprint density at radius 3 is 2.88 bits per heavy atom. The van der Waals surface area contributed by atoms with Crippen molar-refractivity contribution in [1.29, 1.82) is 0 Å². The van der Waals surface area contributed by atoms with Crippen molar-refractivity contribution in [3.8, 4) is 0 Å². The van der Waals surface area contributed by atoms with Crippen molar-refractivity contribution in [2.24, 2.45) is 0 Å². The summed E-state index contributed by atoms with van der Waals surface area (Å²) in [5.41, 5.74) is 5.22. The zero-order valence-corrected chi connectivity index (χ0v) is 10.5. The Labute approximate surface area is 106 Å². The summed E-state index contributed by atoms with van der Waals surface area (Å²) in [5, 5.41) is 4.35. The molecule has 1 heterocycles. The van der Waals surface area contributed by atoms with Gasteiger partial charge in [0.05, 0.1) is 6.04 Å². The second kappa shape index (κ2) is 4.08. The second-order valence-corrected chi connectivity index (χ2v) is 5.05. The van der Waals surface area contributed by atoms with Gasteiger partial charge >= 0.3 is 0 Å². The second-order valence-electron chi connectivity index (χ2n) is 4.62. The molecule has 1 unspecified atom stereocenters. The van der Waals surface area contributed by atoms with Gasteiger partial charge in [-0.25, -0.2) is 0 Å². The number of anilines is 1. The van der Waals surface area contributed by atoms with Gasteiger partial charge in [0, 0.05) is 10.7 Å². The average molecular weight is 244 g/mol. The first-order valence-corrected chi connectivity index (χ1v) is 6.22. The Kier molecular flexibility index (Phi) is 2.56. The van der Waals surface area contributed by atoms with Crippen molar-refractivity contribution < 1.29 is 0 Å². The van der Waals surface area contributed by atoms with Gasteiger partial charge in [0.25, 0.3) is 0 Å². The van der Waals surface area contributed by atoms with Crippen LogP contribution in [0, 0.1) is 6.92 Å². The van der Waals surface area contributed by atoms with Crippen LogP contribution in [0.4, 0.5) is 5.69 Å². The number of nitrogens with one attached hydrogen (secondary N) is 1. The lowest BCUT2D eigenvalue weighted by molar-refractivity contribution is 0.824. The van der Waals surface area contributed by atoms with Gasteiger partial charge < -0.3 is 5.32 Å². The van der Waals surface area contributed by atoms with Crippen LogP contribution in [0.1, 0.15) is 22.7 Å². The van der Waals surface area contributed by atoms with E-state index in [4.69, 9.17) is 11.6 Å². The lowest BCUT2D eigenvalue weighted by atomic mass is 10.0. The minimum atomic E-state index is 0.352. The highest BCUT2D eigenvalue weighted by Crippen LogP contribution is 2.35. The fourth-order valence-electron chi connectivity index (χ4n) is 2.42. The third-order valence-corrected chi connectivity index (χ3v) is 3.50. The topological polar surface area (TPSA) is 12.0 Å². The van der Waals surface area contributed by atoms with E-state index in [0.29, 0.717) is 6.04 Å². The summed E-state index contributed by atoms with van der Waals surface area (Å²) >= 11 is 6.03. The highest BCUT2D eigenvalue weighted by Gasteiger charge is 2.21. The molecule has 2 aromatic carbocycles. The quantitative estimate of drug-likeness (QED) is 0.785. The van der Waals surface area contributed by atoms with E-state index in [1.54, 1.807) is 0 Å². The molecule has 0 saturated carbocycles. The molecule has 0 fully saturated rings. The Morgan fingerprint density at radius 1 is 1.18 bits per heavy atom. The zero-order chi connectivity index (χ0) is 11.8. The number of fused-ring (bicyclic) bond motifs is 1. The first-order valence-electron chi connectivity index (χ1n) is 5.84. The maximum atomic E-state index is 6.03. The van der Waals surface area contributed by atoms with Gasteiger partial charge in [-0.2, -0.15) is 0 Å². The van der Waals surface area contributed by atoms with Crippen molar-refractivity contribution in [2.45, 2.75) is 19.4 Å². The number of hydrogen-bond donors (Lipinski definition) is 1. The molecule has 0 aliphatic carbocycles. The molecule has 1 N–H and O–H groups in total. The van der Waals surface area contributed by atoms with Crippen molar-refractivity contribution in [3.05, 3.63) is 64.2 Å². The number of benzene rings is 2. The highest BCUT2D eigenvalue weighted by atomic mass is 35.5. The minimum absolute atomic E-state index is 0.352. The van der Waals surface area contributed by atoms with Crippen molar-refractivity contribution in [1.82, 2.24) is 0 Å². The normalized spacial score (nSPS) is 17.6. The lowest BCUT2D eigenvalue weighted by Gasteiger charge is -2.11. The average Bonchev–Trinajstić information content (AvgIpc) is 2.72. The summed E-state index contributed by atoms with van der Waals surface area (Å²) in [4.78, 5) is 0. The SMILES string of the molecule is Cc1ccc2c(c1)CC(c1cccc(Cl)c1)N2. The summed E-state index contributed by atoms with van der Waals surface area (Å²) in [6.45, 7) is 2.13. The van der Waals surface area contributed by atoms with Gasteiger partial charge in [-0.05, 0) is 42.7 Å². The summed E-state index contributed by atoms with van der Waals surface area (Å²) < 4.78 is 0. The van der Waals surface area contributed by atoms with Crippen LogP contribution in [-0.4, -0.2) is 0 Å². The molecule has 3 rings (SSSR count). The van der Waals surface area contributed by atoms with E-state index in [-0.39, 0.29) is 0 Å². The molecular weight excluding hydrogens is 230 g/mol. The Morgan fingerprint density at radius 2 is 2.06 bits per heavy atom. The van der Waals surface area contributed by atoms with Crippen LogP contribution >= 0.6 is 11.6 Å². The van der Waals surface area contributed by atoms with E-state index in [9.17, 15) is 0 Å². The third kappa shape index (κ3) is 2.03. The van der Waals surface area contributed by atoms with Crippen LogP contribution < -0.4 is 5.32 Å². The van der Waals surface area contributed by atoms with Gasteiger partial charge in [-0.3, -0.25) is 0 Å². The molecule has 0 aromatic heterocycles. The summed E-state index contributed by atoms with van der Waals surface area (Å²) in [6, 6.07) is 15.0.